The van der Waals surface area contributed by atoms with Gasteiger partial charge in [-0.3, -0.25) is 14.5 Å². The lowest BCUT2D eigenvalue weighted by Crippen LogP contribution is -2.50. The predicted octanol–water partition coefficient (Wildman–Crippen LogP) is 2.77. The summed E-state index contributed by atoms with van der Waals surface area (Å²) in [4.78, 5) is 31.3. The van der Waals surface area contributed by atoms with Crippen molar-refractivity contribution in [3.05, 3.63) is 11.8 Å². The summed E-state index contributed by atoms with van der Waals surface area (Å²) in [6, 6.07) is 0.658. The van der Waals surface area contributed by atoms with E-state index < -0.39 is 0 Å². The Kier molecular flexibility index (Phi) is 6.15. The third-order valence-electron chi connectivity index (χ3n) is 6.13. The monoisotopic (exact) mass is 347 g/mol. The maximum atomic E-state index is 13.0. The molecule has 0 aromatic heterocycles. The second-order valence-electron chi connectivity index (χ2n) is 7.68. The summed E-state index contributed by atoms with van der Waals surface area (Å²) in [5, 5.41) is 0. The van der Waals surface area contributed by atoms with Gasteiger partial charge < -0.3 is 9.80 Å². The Labute approximate surface area is 152 Å². The summed E-state index contributed by atoms with van der Waals surface area (Å²) in [5.41, 5.74) is 1.22. The first-order valence-corrected chi connectivity index (χ1v) is 10.1. The van der Waals surface area contributed by atoms with Crippen LogP contribution in [-0.2, 0) is 9.59 Å². The van der Waals surface area contributed by atoms with Crippen molar-refractivity contribution in [1.29, 1.82) is 0 Å². The molecule has 2 saturated heterocycles. The smallest absolute Gasteiger partial charge is 0.240 e. The number of hydrogen-bond acceptors (Lipinski definition) is 3. The molecular formula is C20H33N3O2. The number of allylic oxidation sites excluding steroid dienone is 2. The SMILES string of the molecule is CCN(C(=O)CN1CCC[C@@H]1[C@H]1CCCN1C(C)=O)C1=CCCCC1. The van der Waals surface area contributed by atoms with Crippen LogP contribution in [0.25, 0.3) is 0 Å². The second kappa shape index (κ2) is 8.35. The van der Waals surface area contributed by atoms with Crippen LogP contribution in [0.2, 0.25) is 0 Å². The van der Waals surface area contributed by atoms with Crippen molar-refractivity contribution < 1.29 is 9.59 Å². The summed E-state index contributed by atoms with van der Waals surface area (Å²) in [6.45, 7) is 6.87. The molecule has 0 aromatic rings. The fraction of sp³-hybridized carbons (Fsp3) is 0.800. The minimum Gasteiger partial charge on any atom is -0.338 e. The molecule has 0 N–H and O–H groups in total. The van der Waals surface area contributed by atoms with Crippen LogP contribution >= 0.6 is 0 Å². The summed E-state index contributed by atoms with van der Waals surface area (Å²) in [7, 11) is 0. The third-order valence-corrected chi connectivity index (χ3v) is 6.13. The van der Waals surface area contributed by atoms with Gasteiger partial charge in [-0.2, -0.15) is 0 Å². The standard InChI is InChI=1S/C20H33N3O2/c1-3-22(17-9-5-4-6-10-17)20(25)15-21-13-7-11-18(21)19-12-8-14-23(19)16(2)24/h9,18-19H,3-8,10-15H2,1-2H3/t18-,19-/m1/s1. The van der Waals surface area contributed by atoms with E-state index in [9.17, 15) is 9.59 Å². The van der Waals surface area contributed by atoms with E-state index in [4.69, 9.17) is 0 Å². The lowest BCUT2D eigenvalue weighted by atomic mass is 10.0. The fourth-order valence-corrected chi connectivity index (χ4v) is 4.93. The van der Waals surface area contributed by atoms with E-state index in [2.05, 4.69) is 17.9 Å². The van der Waals surface area contributed by atoms with Crippen molar-refractivity contribution in [1.82, 2.24) is 14.7 Å². The van der Waals surface area contributed by atoms with E-state index in [1.165, 1.54) is 18.5 Å². The first kappa shape index (κ1) is 18.4. The predicted molar refractivity (Wildman–Crippen MR) is 98.9 cm³/mol. The Morgan fingerprint density at radius 1 is 1.12 bits per heavy atom. The maximum absolute atomic E-state index is 13.0. The summed E-state index contributed by atoms with van der Waals surface area (Å²) in [6.07, 6.45) is 11.2. The van der Waals surface area contributed by atoms with Crippen molar-refractivity contribution in [3.63, 3.8) is 0 Å². The molecule has 2 atom stereocenters. The van der Waals surface area contributed by atoms with Crippen molar-refractivity contribution >= 4 is 11.8 Å². The molecule has 5 nitrogen and oxygen atoms in total. The van der Waals surface area contributed by atoms with Gasteiger partial charge in [0.1, 0.15) is 0 Å². The molecule has 1 aliphatic carbocycles. The van der Waals surface area contributed by atoms with Gasteiger partial charge in [-0.15, -0.1) is 0 Å². The first-order chi connectivity index (χ1) is 12.1. The summed E-state index contributed by atoms with van der Waals surface area (Å²) >= 11 is 0. The van der Waals surface area contributed by atoms with Crippen molar-refractivity contribution in [2.24, 2.45) is 0 Å². The summed E-state index contributed by atoms with van der Waals surface area (Å²) < 4.78 is 0. The number of rotatable bonds is 5. The molecule has 140 valence electrons. The normalized spacial score (nSPS) is 27.4. The largest absolute Gasteiger partial charge is 0.338 e. The average Bonchev–Trinajstić information content (AvgIpc) is 3.25. The van der Waals surface area contributed by atoms with Gasteiger partial charge in [0.25, 0.3) is 0 Å². The highest BCUT2D eigenvalue weighted by Gasteiger charge is 2.39. The summed E-state index contributed by atoms with van der Waals surface area (Å²) in [5.74, 6) is 0.415. The van der Waals surface area contributed by atoms with Gasteiger partial charge in [0.05, 0.1) is 6.54 Å². The molecular weight excluding hydrogens is 314 g/mol. The van der Waals surface area contributed by atoms with Gasteiger partial charge in [-0.1, -0.05) is 6.08 Å². The highest BCUT2D eigenvalue weighted by molar-refractivity contribution is 5.80. The zero-order valence-corrected chi connectivity index (χ0v) is 15.9. The van der Waals surface area contributed by atoms with Crippen LogP contribution in [0.15, 0.2) is 11.8 Å². The van der Waals surface area contributed by atoms with E-state index in [1.54, 1.807) is 6.92 Å². The van der Waals surface area contributed by atoms with E-state index in [0.29, 0.717) is 18.6 Å². The van der Waals surface area contributed by atoms with Crippen LogP contribution in [0.4, 0.5) is 0 Å². The maximum Gasteiger partial charge on any atom is 0.240 e. The van der Waals surface area contributed by atoms with Gasteiger partial charge in [-0.25, -0.2) is 0 Å². The van der Waals surface area contributed by atoms with Gasteiger partial charge in [0, 0.05) is 37.8 Å². The molecule has 25 heavy (non-hydrogen) atoms. The Bertz CT molecular complexity index is 531. The van der Waals surface area contributed by atoms with Crippen LogP contribution in [-0.4, -0.2) is 64.8 Å². The van der Waals surface area contributed by atoms with Crippen LogP contribution in [0, 0.1) is 0 Å². The molecule has 0 radical (unpaired) electrons. The van der Waals surface area contributed by atoms with Crippen molar-refractivity contribution in [3.8, 4) is 0 Å². The topological polar surface area (TPSA) is 43.9 Å². The molecule has 3 aliphatic rings. The number of likely N-dealkylation sites (tertiary alicyclic amines) is 2. The van der Waals surface area contributed by atoms with E-state index in [0.717, 1.165) is 58.2 Å². The van der Waals surface area contributed by atoms with Gasteiger partial charge >= 0.3 is 0 Å². The van der Waals surface area contributed by atoms with Crippen molar-refractivity contribution in [2.45, 2.75) is 77.3 Å². The lowest BCUT2D eigenvalue weighted by molar-refractivity contribution is -0.132. The highest BCUT2D eigenvalue weighted by Crippen LogP contribution is 2.30. The van der Waals surface area contributed by atoms with E-state index >= 15 is 0 Å². The highest BCUT2D eigenvalue weighted by atomic mass is 16.2. The fourth-order valence-electron chi connectivity index (χ4n) is 4.93. The molecule has 2 fully saturated rings. The van der Waals surface area contributed by atoms with Crippen LogP contribution in [0.1, 0.15) is 65.2 Å². The van der Waals surface area contributed by atoms with Gasteiger partial charge in [0.2, 0.25) is 11.8 Å². The molecule has 0 spiro atoms. The number of carbonyl (C=O) groups excluding carboxylic acids is 2. The minimum atomic E-state index is 0.184. The van der Waals surface area contributed by atoms with Gasteiger partial charge in [0.15, 0.2) is 0 Å². The lowest BCUT2D eigenvalue weighted by Gasteiger charge is -2.35. The van der Waals surface area contributed by atoms with Gasteiger partial charge in [-0.05, 0) is 64.8 Å². The molecule has 0 saturated carbocycles. The first-order valence-electron chi connectivity index (χ1n) is 10.1. The minimum absolute atomic E-state index is 0.184. The molecule has 3 rings (SSSR count). The quantitative estimate of drug-likeness (QED) is 0.768. The number of likely N-dealkylation sites (N-methyl/N-ethyl adjacent to an activating group) is 1. The number of hydrogen-bond donors (Lipinski definition) is 0. The molecule has 0 unspecified atom stereocenters. The average molecular weight is 348 g/mol. The zero-order valence-electron chi connectivity index (χ0n) is 15.9. The molecule has 2 aliphatic heterocycles. The van der Waals surface area contributed by atoms with Crippen LogP contribution < -0.4 is 0 Å². The molecule has 2 amide bonds. The Hall–Kier alpha value is -1.36. The zero-order chi connectivity index (χ0) is 17.8. The number of nitrogens with zero attached hydrogens (tertiary/aromatic N) is 3. The molecule has 5 heteroatoms. The molecule has 0 aromatic carbocycles. The van der Waals surface area contributed by atoms with Crippen LogP contribution in [0.5, 0.6) is 0 Å². The number of amides is 2. The molecule has 0 bridgehead atoms. The Morgan fingerprint density at radius 3 is 2.56 bits per heavy atom. The van der Waals surface area contributed by atoms with E-state index in [-0.39, 0.29) is 11.8 Å². The van der Waals surface area contributed by atoms with E-state index in [1.807, 2.05) is 9.80 Å². The van der Waals surface area contributed by atoms with Crippen molar-refractivity contribution in [2.75, 3.05) is 26.2 Å². The Balaban J connectivity index is 1.65. The molecule has 2 heterocycles. The Morgan fingerprint density at radius 2 is 1.88 bits per heavy atom. The second-order valence-corrected chi connectivity index (χ2v) is 7.68. The van der Waals surface area contributed by atoms with Crippen LogP contribution in [0.3, 0.4) is 0 Å². The number of carbonyl (C=O) groups is 2. The third kappa shape index (κ3) is 4.08.